The van der Waals surface area contributed by atoms with Crippen LogP contribution >= 0.6 is 11.3 Å². The molecule has 112 valence electrons. The summed E-state index contributed by atoms with van der Waals surface area (Å²) in [5.74, 6) is 0. The minimum Gasteiger partial charge on any atom is -0.309 e. The van der Waals surface area contributed by atoms with E-state index in [2.05, 4.69) is 51.2 Å². The fraction of sp³-hybridized carbons (Fsp3) is 0.500. The zero-order valence-electron chi connectivity index (χ0n) is 12.4. The average molecular weight is 303 g/mol. The van der Waals surface area contributed by atoms with E-state index in [1.807, 2.05) is 0 Å². The first-order valence-electron chi connectivity index (χ1n) is 7.71. The maximum absolute atomic E-state index is 6.15. The van der Waals surface area contributed by atoms with Crippen LogP contribution in [0.4, 0.5) is 5.69 Å². The molecule has 4 nitrogen and oxygen atoms in total. The number of aromatic nitrogens is 1. The average Bonchev–Trinajstić information content (AvgIpc) is 3.23. The van der Waals surface area contributed by atoms with Crippen molar-refractivity contribution in [2.45, 2.75) is 32.4 Å². The first kappa shape index (κ1) is 13.4. The van der Waals surface area contributed by atoms with Gasteiger partial charge in [-0.05, 0) is 56.4 Å². The predicted octanol–water partition coefficient (Wildman–Crippen LogP) is 3.27. The van der Waals surface area contributed by atoms with Crippen molar-refractivity contribution in [3.63, 3.8) is 0 Å². The quantitative estimate of drug-likeness (QED) is 0.865. The van der Waals surface area contributed by atoms with Gasteiger partial charge in [-0.15, -0.1) is 11.3 Å². The number of rotatable bonds is 4. The van der Waals surface area contributed by atoms with Crippen LogP contribution in [0.3, 0.4) is 0 Å². The van der Waals surface area contributed by atoms with E-state index in [0.29, 0.717) is 6.04 Å². The number of fused-ring (bicyclic) bond motifs is 3. The molecule has 2 aromatic rings. The van der Waals surface area contributed by atoms with E-state index in [9.17, 15) is 0 Å². The Balaban J connectivity index is 1.47. The lowest BCUT2D eigenvalue weighted by atomic mass is 10.3. The zero-order chi connectivity index (χ0) is 14.2. The standard InChI is InChI=1S/C16H21N3OS/c1-13(17-7-2-3-8-17)12-20-19-11-14-5-4-9-18(14)16-15(19)6-10-21-16/h4-6,9-10,13H,2-3,7-8,11-12H2,1H3. The molecule has 0 saturated carbocycles. The summed E-state index contributed by atoms with van der Waals surface area (Å²) in [5.41, 5.74) is 2.48. The van der Waals surface area contributed by atoms with Gasteiger partial charge in [0.15, 0.2) is 0 Å². The van der Waals surface area contributed by atoms with E-state index in [4.69, 9.17) is 4.84 Å². The SMILES string of the molecule is CC(CON1Cc2cccn2-c2sccc21)N1CCCC1. The zero-order valence-corrected chi connectivity index (χ0v) is 13.2. The second kappa shape index (κ2) is 5.48. The molecule has 0 bridgehead atoms. The maximum Gasteiger partial charge on any atom is 0.126 e. The fourth-order valence-electron chi connectivity index (χ4n) is 3.24. The topological polar surface area (TPSA) is 20.6 Å². The monoisotopic (exact) mass is 303 g/mol. The molecular weight excluding hydrogens is 282 g/mol. The van der Waals surface area contributed by atoms with Crippen LogP contribution in [0.5, 0.6) is 0 Å². The van der Waals surface area contributed by atoms with Gasteiger partial charge < -0.3 is 4.57 Å². The molecule has 5 heteroatoms. The summed E-state index contributed by atoms with van der Waals surface area (Å²) in [5, 5.41) is 5.46. The molecule has 1 saturated heterocycles. The first-order valence-corrected chi connectivity index (χ1v) is 8.59. The number of hydrogen-bond acceptors (Lipinski definition) is 4. The van der Waals surface area contributed by atoms with Crippen molar-refractivity contribution in [2.75, 3.05) is 24.8 Å². The lowest BCUT2D eigenvalue weighted by Crippen LogP contribution is -2.38. The van der Waals surface area contributed by atoms with Crippen molar-refractivity contribution in [1.82, 2.24) is 9.47 Å². The van der Waals surface area contributed by atoms with Gasteiger partial charge in [-0.25, -0.2) is 5.06 Å². The molecule has 2 aliphatic rings. The molecule has 0 radical (unpaired) electrons. The third kappa shape index (κ3) is 2.39. The lowest BCUT2D eigenvalue weighted by molar-refractivity contribution is 0.0541. The van der Waals surface area contributed by atoms with Crippen molar-refractivity contribution < 1.29 is 4.84 Å². The van der Waals surface area contributed by atoms with Crippen LogP contribution < -0.4 is 5.06 Å². The van der Waals surface area contributed by atoms with Crippen LogP contribution in [-0.2, 0) is 11.4 Å². The third-order valence-electron chi connectivity index (χ3n) is 4.49. The lowest BCUT2D eigenvalue weighted by Gasteiger charge is -2.32. The summed E-state index contributed by atoms with van der Waals surface area (Å²) in [7, 11) is 0. The molecule has 0 spiro atoms. The van der Waals surface area contributed by atoms with Gasteiger partial charge in [0.05, 0.1) is 18.8 Å². The molecule has 4 rings (SSSR count). The van der Waals surface area contributed by atoms with Gasteiger partial charge in [0.1, 0.15) is 5.00 Å². The van der Waals surface area contributed by atoms with Gasteiger partial charge >= 0.3 is 0 Å². The maximum atomic E-state index is 6.15. The second-order valence-electron chi connectivity index (χ2n) is 5.90. The van der Waals surface area contributed by atoms with Gasteiger partial charge in [-0.1, -0.05) is 0 Å². The van der Waals surface area contributed by atoms with E-state index in [1.165, 1.54) is 42.3 Å². The van der Waals surface area contributed by atoms with E-state index in [1.54, 1.807) is 11.3 Å². The normalized spacial score (nSPS) is 19.6. The van der Waals surface area contributed by atoms with E-state index < -0.39 is 0 Å². The van der Waals surface area contributed by atoms with Crippen LogP contribution in [0.2, 0.25) is 0 Å². The molecule has 0 N–H and O–H groups in total. The Morgan fingerprint density at radius 2 is 2.14 bits per heavy atom. The van der Waals surface area contributed by atoms with Gasteiger partial charge in [0, 0.05) is 17.9 Å². The molecule has 21 heavy (non-hydrogen) atoms. The Labute approximate surface area is 129 Å². The summed E-state index contributed by atoms with van der Waals surface area (Å²) < 4.78 is 2.27. The van der Waals surface area contributed by atoms with Gasteiger partial charge in [0.2, 0.25) is 0 Å². The van der Waals surface area contributed by atoms with Crippen LogP contribution in [0.15, 0.2) is 29.8 Å². The van der Waals surface area contributed by atoms with E-state index in [0.717, 1.165) is 13.2 Å². The Morgan fingerprint density at radius 3 is 3.00 bits per heavy atom. The Morgan fingerprint density at radius 1 is 1.29 bits per heavy atom. The summed E-state index contributed by atoms with van der Waals surface area (Å²) in [6.07, 6.45) is 4.79. The molecule has 1 fully saturated rings. The number of hydroxylamine groups is 1. The fourth-order valence-corrected chi connectivity index (χ4v) is 4.15. The van der Waals surface area contributed by atoms with E-state index in [-0.39, 0.29) is 0 Å². The predicted molar refractivity (Wildman–Crippen MR) is 86.1 cm³/mol. The van der Waals surface area contributed by atoms with Crippen molar-refractivity contribution in [3.8, 4) is 5.00 Å². The van der Waals surface area contributed by atoms with E-state index >= 15 is 0 Å². The van der Waals surface area contributed by atoms with Crippen molar-refractivity contribution in [3.05, 3.63) is 35.5 Å². The van der Waals surface area contributed by atoms with Crippen LogP contribution in [0.1, 0.15) is 25.5 Å². The Kier molecular flexibility index (Phi) is 3.49. The molecular formula is C16H21N3OS. The molecule has 0 aliphatic carbocycles. The number of thiophene rings is 1. The van der Waals surface area contributed by atoms with Crippen LogP contribution in [0.25, 0.3) is 5.00 Å². The van der Waals surface area contributed by atoms with Crippen LogP contribution in [0, 0.1) is 0 Å². The minimum atomic E-state index is 0.489. The number of anilines is 1. The Bertz CT molecular complexity index is 615. The van der Waals surface area contributed by atoms with Crippen molar-refractivity contribution in [2.24, 2.45) is 0 Å². The first-order chi connectivity index (χ1) is 10.3. The van der Waals surface area contributed by atoms with Crippen LogP contribution in [-0.4, -0.2) is 35.2 Å². The van der Waals surface area contributed by atoms with Gasteiger partial charge in [0.25, 0.3) is 0 Å². The third-order valence-corrected chi connectivity index (χ3v) is 5.39. The molecule has 2 aliphatic heterocycles. The van der Waals surface area contributed by atoms with Gasteiger partial charge in [-0.3, -0.25) is 9.74 Å². The molecule has 1 unspecified atom stereocenters. The van der Waals surface area contributed by atoms with Gasteiger partial charge in [-0.2, -0.15) is 0 Å². The highest BCUT2D eigenvalue weighted by molar-refractivity contribution is 7.13. The highest BCUT2D eigenvalue weighted by atomic mass is 32.1. The summed E-state index contributed by atoms with van der Waals surface area (Å²) in [6, 6.07) is 6.92. The minimum absolute atomic E-state index is 0.489. The molecule has 0 aromatic carbocycles. The summed E-state index contributed by atoms with van der Waals surface area (Å²) in [6.45, 7) is 6.29. The number of nitrogens with zero attached hydrogens (tertiary/aromatic N) is 3. The molecule has 4 heterocycles. The number of likely N-dealkylation sites (tertiary alicyclic amines) is 1. The molecule has 2 aromatic heterocycles. The largest absolute Gasteiger partial charge is 0.309 e. The Hall–Kier alpha value is -1.30. The second-order valence-corrected chi connectivity index (χ2v) is 6.80. The summed E-state index contributed by atoms with van der Waals surface area (Å²) >= 11 is 1.77. The molecule has 1 atom stereocenters. The highest BCUT2D eigenvalue weighted by Gasteiger charge is 2.25. The van der Waals surface area contributed by atoms with Crippen molar-refractivity contribution in [1.29, 1.82) is 0 Å². The smallest absolute Gasteiger partial charge is 0.126 e. The summed E-state index contributed by atoms with van der Waals surface area (Å²) in [4.78, 5) is 8.68. The van der Waals surface area contributed by atoms with Crippen molar-refractivity contribution >= 4 is 17.0 Å². The number of hydrogen-bond donors (Lipinski definition) is 0. The highest BCUT2D eigenvalue weighted by Crippen LogP contribution is 2.36. The molecule has 0 amide bonds.